The lowest BCUT2D eigenvalue weighted by molar-refractivity contribution is 0.262. The summed E-state index contributed by atoms with van der Waals surface area (Å²) in [7, 11) is 0. The minimum absolute atomic E-state index is 0.162. The molecule has 0 saturated carbocycles. The Hall–Kier alpha value is -3.75. The van der Waals surface area contributed by atoms with Gasteiger partial charge in [-0.15, -0.1) is 0 Å². The summed E-state index contributed by atoms with van der Waals surface area (Å²) in [5.41, 5.74) is 15.3. The van der Waals surface area contributed by atoms with Crippen molar-refractivity contribution in [1.82, 2.24) is 24.5 Å². The molecule has 140 valence electrons. The second kappa shape index (κ2) is 6.15. The van der Waals surface area contributed by atoms with Crippen molar-refractivity contribution in [3.63, 3.8) is 0 Å². The summed E-state index contributed by atoms with van der Waals surface area (Å²) in [5.74, 6) is 0.0668. The van der Waals surface area contributed by atoms with Crippen LogP contribution in [0.3, 0.4) is 0 Å². The highest BCUT2D eigenvalue weighted by atomic mass is 19.1. The molecule has 1 aliphatic heterocycles. The highest BCUT2D eigenvalue weighted by Crippen LogP contribution is 2.41. The number of rotatable bonds is 2. The van der Waals surface area contributed by atoms with E-state index in [1.807, 2.05) is 6.07 Å². The number of halogens is 1. The molecule has 5 rings (SSSR count). The molecule has 28 heavy (non-hydrogen) atoms. The van der Waals surface area contributed by atoms with E-state index in [4.69, 9.17) is 16.2 Å². The van der Waals surface area contributed by atoms with Crippen molar-refractivity contribution in [2.45, 2.75) is 12.3 Å². The van der Waals surface area contributed by atoms with Crippen LogP contribution in [0.15, 0.2) is 43.0 Å². The summed E-state index contributed by atoms with van der Waals surface area (Å²) >= 11 is 0. The maximum atomic E-state index is 14.2. The second-order valence-electron chi connectivity index (χ2n) is 6.53. The lowest BCUT2D eigenvalue weighted by atomic mass is 9.89. The van der Waals surface area contributed by atoms with Crippen molar-refractivity contribution in [3.8, 4) is 11.7 Å². The molecule has 1 aromatic carbocycles. The van der Waals surface area contributed by atoms with Crippen LogP contribution in [-0.2, 0) is 0 Å². The number of ether oxygens (including phenoxy) is 1. The molecule has 0 radical (unpaired) electrons. The van der Waals surface area contributed by atoms with E-state index >= 15 is 0 Å². The van der Waals surface area contributed by atoms with Crippen LogP contribution >= 0.6 is 0 Å². The van der Waals surface area contributed by atoms with Gasteiger partial charge in [0.05, 0.1) is 35.2 Å². The first-order valence-corrected chi connectivity index (χ1v) is 8.75. The van der Waals surface area contributed by atoms with Crippen LogP contribution < -0.4 is 16.2 Å². The molecule has 8 nitrogen and oxygen atoms in total. The summed E-state index contributed by atoms with van der Waals surface area (Å²) in [6, 6.07) is 6.63. The van der Waals surface area contributed by atoms with Crippen molar-refractivity contribution in [2.24, 2.45) is 0 Å². The monoisotopic (exact) mass is 377 g/mol. The molecule has 0 aliphatic carbocycles. The third-order valence-corrected chi connectivity index (χ3v) is 4.91. The molecule has 0 spiro atoms. The van der Waals surface area contributed by atoms with Gasteiger partial charge in [-0.3, -0.25) is 9.55 Å². The first-order chi connectivity index (χ1) is 13.6. The molecule has 0 amide bonds. The summed E-state index contributed by atoms with van der Waals surface area (Å²) in [6.07, 6.45) is 5.55. The fraction of sp³-hybridized carbons (Fsp3) is 0.158. The molecular formula is C19H16FN7O. The van der Waals surface area contributed by atoms with Crippen molar-refractivity contribution < 1.29 is 9.13 Å². The zero-order valence-electron chi connectivity index (χ0n) is 14.7. The first-order valence-electron chi connectivity index (χ1n) is 8.75. The van der Waals surface area contributed by atoms with E-state index in [-0.39, 0.29) is 23.2 Å². The van der Waals surface area contributed by atoms with Crippen molar-refractivity contribution >= 4 is 22.5 Å². The van der Waals surface area contributed by atoms with Crippen LogP contribution in [0.2, 0.25) is 0 Å². The SMILES string of the molecule is Nc1nc(-n2cnc3ccncc32)nc([C@@H]2CCOc3c(F)cccc32)c1N. The lowest BCUT2D eigenvalue weighted by Crippen LogP contribution is -2.20. The minimum Gasteiger partial charge on any atom is -0.490 e. The number of fused-ring (bicyclic) bond motifs is 2. The number of nitrogen functional groups attached to an aromatic ring is 2. The Morgan fingerprint density at radius 2 is 2.07 bits per heavy atom. The minimum atomic E-state index is -0.408. The van der Waals surface area contributed by atoms with Crippen LogP contribution in [0.4, 0.5) is 15.9 Å². The third-order valence-electron chi connectivity index (χ3n) is 4.91. The number of anilines is 2. The van der Waals surface area contributed by atoms with Gasteiger partial charge >= 0.3 is 0 Å². The molecule has 4 heterocycles. The number of imidazole rings is 1. The van der Waals surface area contributed by atoms with Crippen LogP contribution in [0.25, 0.3) is 17.0 Å². The van der Waals surface area contributed by atoms with Crippen LogP contribution in [0, 0.1) is 5.82 Å². The summed E-state index contributed by atoms with van der Waals surface area (Å²) in [4.78, 5) is 17.5. The fourth-order valence-corrected chi connectivity index (χ4v) is 3.55. The van der Waals surface area contributed by atoms with Gasteiger partial charge < -0.3 is 16.2 Å². The first kappa shape index (κ1) is 16.4. The number of pyridine rings is 1. The number of benzene rings is 1. The maximum Gasteiger partial charge on any atom is 0.237 e. The molecule has 1 aliphatic rings. The van der Waals surface area contributed by atoms with E-state index in [1.165, 1.54) is 6.07 Å². The van der Waals surface area contributed by atoms with Crippen molar-refractivity contribution in [3.05, 3.63) is 60.1 Å². The van der Waals surface area contributed by atoms with Gasteiger partial charge in [0.15, 0.2) is 17.4 Å². The predicted octanol–water partition coefficient (Wildman–Crippen LogP) is 2.43. The van der Waals surface area contributed by atoms with Gasteiger partial charge in [0, 0.05) is 17.7 Å². The van der Waals surface area contributed by atoms with Gasteiger partial charge in [-0.05, 0) is 18.6 Å². The second-order valence-corrected chi connectivity index (χ2v) is 6.53. The van der Waals surface area contributed by atoms with Crippen LogP contribution in [0.5, 0.6) is 5.75 Å². The van der Waals surface area contributed by atoms with E-state index in [0.717, 1.165) is 11.0 Å². The Morgan fingerprint density at radius 1 is 1.18 bits per heavy atom. The van der Waals surface area contributed by atoms with Gasteiger partial charge in [0.25, 0.3) is 0 Å². The molecule has 9 heteroatoms. The van der Waals surface area contributed by atoms with E-state index in [1.54, 1.807) is 35.4 Å². The number of nitrogens with zero attached hydrogens (tertiary/aromatic N) is 5. The van der Waals surface area contributed by atoms with Gasteiger partial charge in [0.2, 0.25) is 5.95 Å². The standard InChI is InChI=1S/C19H16FN7O/c20-12-3-1-2-11-10(5-7-28-17(11)12)16-15(21)18(22)26-19(25-16)27-9-24-13-4-6-23-8-14(13)27/h1-4,6,8-10H,5,7,21H2,(H2,22,25,26)/t10-/m1/s1. The molecule has 4 aromatic rings. The molecule has 1 atom stereocenters. The molecule has 0 unspecified atom stereocenters. The number of hydrogen-bond donors (Lipinski definition) is 2. The topological polar surface area (TPSA) is 118 Å². The molecule has 0 bridgehead atoms. The largest absolute Gasteiger partial charge is 0.490 e. The normalized spacial score (nSPS) is 16.0. The van der Waals surface area contributed by atoms with Crippen molar-refractivity contribution in [1.29, 1.82) is 0 Å². The average molecular weight is 377 g/mol. The Labute approximate surface area is 159 Å². The fourth-order valence-electron chi connectivity index (χ4n) is 3.55. The maximum absolute atomic E-state index is 14.2. The van der Waals surface area contributed by atoms with Gasteiger partial charge in [-0.25, -0.2) is 14.4 Å². The molecule has 3 aromatic heterocycles. The summed E-state index contributed by atoms with van der Waals surface area (Å²) in [5, 5.41) is 0. The highest BCUT2D eigenvalue weighted by molar-refractivity contribution is 5.75. The Balaban J connectivity index is 1.69. The number of para-hydroxylation sites is 1. The highest BCUT2D eigenvalue weighted by Gasteiger charge is 2.29. The van der Waals surface area contributed by atoms with Gasteiger partial charge in [-0.1, -0.05) is 12.1 Å². The zero-order valence-corrected chi connectivity index (χ0v) is 14.7. The van der Waals surface area contributed by atoms with E-state index in [0.29, 0.717) is 30.2 Å². The van der Waals surface area contributed by atoms with E-state index in [2.05, 4.69) is 19.9 Å². The van der Waals surface area contributed by atoms with Gasteiger partial charge in [-0.2, -0.15) is 4.98 Å². The third kappa shape index (κ3) is 2.43. The van der Waals surface area contributed by atoms with Crippen LogP contribution in [-0.4, -0.2) is 31.1 Å². The zero-order chi connectivity index (χ0) is 19.3. The number of nitrogens with two attached hydrogens (primary N) is 2. The summed E-state index contributed by atoms with van der Waals surface area (Å²) < 4.78 is 21.4. The lowest BCUT2D eigenvalue weighted by Gasteiger charge is -2.27. The predicted molar refractivity (Wildman–Crippen MR) is 102 cm³/mol. The van der Waals surface area contributed by atoms with E-state index in [9.17, 15) is 4.39 Å². The summed E-state index contributed by atoms with van der Waals surface area (Å²) in [6.45, 7) is 0.356. The average Bonchev–Trinajstić information content (AvgIpc) is 3.14. The Bertz CT molecular complexity index is 1210. The smallest absolute Gasteiger partial charge is 0.237 e. The number of aromatic nitrogens is 5. The number of hydrogen-bond acceptors (Lipinski definition) is 7. The Morgan fingerprint density at radius 3 is 2.96 bits per heavy atom. The van der Waals surface area contributed by atoms with E-state index < -0.39 is 5.82 Å². The van der Waals surface area contributed by atoms with Crippen LogP contribution in [0.1, 0.15) is 23.6 Å². The molecule has 0 saturated heterocycles. The molecule has 4 N–H and O–H groups in total. The quantitative estimate of drug-likeness (QED) is 0.551. The molecule has 0 fully saturated rings. The Kier molecular flexibility index (Phi) is 3.61. The van der Waals surface area contributed by atoms with Crippen molar-refractivity contribution in [2.75, 3.05) is 18.1 Å². The molecular weight excluding hydrogens is 361 g/mol. The van der Waals surface area contributed by atoms with Gasteiger partial charge in [0.1, 0.15) is 6.33 Å².